The van der Waals surface area contributed by atoms with Crippen molar-refractivity contribution in [2.75, 3.05) is 13.2 Å². The Kier molecular flexibility index (Phi) is 4.17. The van der Waals surface area contributed by atoms with Crippen molar-refractivity contribution in [3.05, 3.63) is 66.2 Å². The van der Waals surface area contributed by atoms with Gasteiger partial charge in [-0.15, -0.1) is 0 Å². The van der Waals surface area contributed by atoms with Gasteiger partial charge < -0.3 is 14.6 Å². The molecule has 0 saturated heterocycles. The summed E-state index contributed by atoms with van der Waals surface area (Å²) in [6.07, 6.45) is -0.848. The van der Waals surface area contributed by atoms with E-state index in [1.165, 1.54) is 0 Å². The number of aliphatic hydroxyl groups is 1. The number of rotatable bonds is 5. The van der Waals surface area contributed by atoms with Crippen molar-refractivity contribution in [3.63, 3.8) is 0 Å². The lowest BCUT2D eigenvalue weighted by Gasteiger charge is -2.11. The summed E-state index contributed by atoms with van der Waals surface area (Å²) in [5.41, 5.74) is 1.09. The largest absolute Gasteiger partial charge is 0.490 e. The van der Waals surface area contributed by atoms with Crippen molar-refractivity contribution in [3.8, 4) is 5.75 Å². The van der Waals surface area contributed by atoms with Gasteiger partial charge in [0.25, 0.3) is 0 Å². The molecule has 1 heterocycles. The van der Waals surface area contributed by atoms with Gasteiger partial charge in [-0.2, -0.15) is 0 Å². The Morgan fingerprint density at radius 1 is 1.10 bits per heavy atom. The smallest absolute Gasteiger partial charge is 0.217 e. The maximum atomic E-state index is 10.1. The fraction of sp³-hybridized carbons (Fsp3) is 0.235. The van der Waals surface area contributed by atoms with E-state index >= 15 is 0 Å². The van der Waals surface area contributed by atoms with E-state index in [2.05, 4.69) is 4.99 Å². The van der Waals surface area contributed by atoms with Gasteiger partial charge in [0, 0.05) is 0 Å². The first-order valence-electron chi connectivity index (χ1n) is 6.94. The van der Waals surface area contributed by atoms with Crippen molar-refractivity contribution in [2.24, 2.45) is 4.99 Å². The molecule has 1 aliphatic rings. The van der Waals surface area contributed by atoms with Gasteiger partial charge in [-0.1, -0.05) is 48.5 Å². The Hall–Kier alpha value is -2.33. The van der Waals surface area contributed by atoms with Crippen molar-refractivity contribution >= 4 is 5.90 Å². The van der Waals surface area contributed by atoms with E-state index in [9.17, 15) is 5.11 Å². The molecule has 1 unspecified atom stereocenters. The van der Waals surface area contributed by atoms with E-state index in [0.29, 0.717) is 12.5 Å². The first-order chi connectivity index (χ1) is 10.3. The summed E-state index contributed by atoms with van der Waals surface area (Å²) in [6.45, 7) is 0.589. The van der Waals surface area contributed by atoms with Crippen LogP contribution in [-0.4, -0.2) is 30.3 Å². The predicted octanol–water partition coefficient (Wildman–Crippen LogP) is 2.60. The minimum Gasteiger partial charge on any atom is -0.490 e. The molecular weight excluding hydrogens is 266 g/mol. The number of ether oxygens (including phenoxy) is 2. The second-order valence-corrected chi connectivity index (χ2v) is 4.84. The molecular formula is C17H17NO3. The standard InChI is InChI=1S/C17H17NO3/c19-16(12-20-14-9-5-2-6-10-14)17-18-15(11-21-17)13-7-3-1-4-8-13/h1-10,15-16,19H,11-12H2/t15-,16?/m1/s1. The summed E-state index contributed by atoms with van der Waals surface area (Å²) in [6, 6.07) is 19.2. The Bertz CT molecular complexity index is 598. The van der Waals surface area contributed by atoms with Gasteiger partial charge in [-0.3, -0.25) is 0 Å². The molecule has 0 radical (unpaired) electrons. The summed E-state index contributed by atoms with van der Waals surface area (Å²) in [4.78, 5) is 4.43. The fourth-order valence-electron chi connectivity index (χ4n) is 2.18. The Morgan fingerprint density at radius 2 is 1.76 bits per heavy atom. The maximum absolute atomic E-state index is 10.1. The molecule has 0 saturated carbocycles. The molecule has 1 aliphatic heterocycles. The maximum Gasteiger partial charge on any atom is 0.217 e. The molecule has 2 aromatic carbocycles. The zero-order chi connectivity index (χ0) is 14.5. The highest BCUT2D eigenvalue weighted by molar-refractivity contribution is 5.82. The molecule has 4 heteroatoms. The molecule has 0 amide bonds. The summed E-state index contributed by atoms with van der Waals surface area (Å²) in [5.74, 6) is 1.06. The van der Waals surface area contributed by atoms with Crippen LogP contribution < -0.4 is 4.74 Å². The van der Waals surface area contributed by atoms with Crippen LogP contribution in [0.3, 0.4) is 0 Å². The SMILES string of the molecule is OC(COc1ccccc1)C1=N[C@@H](c2ccccc2)CO1. The van der Waals surface area contributed by atoms with Crippen LogP contribution in [0.4, 0.5) is 0 Å². The zero-order valence-corrected chi connectivity index (χ0v) is 11.6. The first kappa shape index (κ1) is 13.6. The summed E-state index contributed by atoms with van der Waals surface area (Å²) >= 11 is 0. The lowest BCUT2D eigenvalue weighted by atomic mass is 10.1. The molecule has 2 atom stereocenters. The third-order valence-corrected chi connectivity index (χ3v) is 3.29. The zero-order valence-electron chi connectivity index (χ0n) is 11.6. The van der Waals surface area contributed by atoms with Gasteiger partial charge in [0.05, 0.1) is 0 Å². The minimum absolute atomic E-state index is 0.0485. The van der Waals surface area contributed by atoms with Crippen LogP contribution in [-0.2, 0) is 4.74 Å². The summed E-state index contributed by atoms with van der Waals surface area (Å²) < 4.78 is 11.0. The third-order valence-electron chi connectivity index (χ3n) is 3.29. The molecule has 4 nitrogen and oxygen atoms in total. The van der Waals surface area contributed by atoms with Gasteiger partial charge in [-0.25, -0.2) is 4.99 Å². The van der Waals surface area contributed by atoms with Crippen LogP contribution in [0.2, 0.25) is 0 Å². The van der Waals surface area contributed by atoms with Crippen LogP contribution >= 0.6 is 0 Å². The molecule has 2 aromatic rings. The number of nitrogens with zero attached hydrogens (tertiary/aromatic N) is 1. The number of hydrogen-bond acceptors (Lipinski definition) is 4. The van der Waals surface area contributed by atoms with Crippen LogP contribution in [0.25, 0.3) is 0 Å². The molecule has 1 N–H and O–H groups in total. The minimum atomic E-state index is -0.848. The lowest BCUT2D eigenvalue weighted by molar-refractivity contribution is 0.135. The second-order valence-electron chi connectivity index (χ2n) is 4.84. The molecule has 0 fully saturated rings. The molecule has 21 heavy (non-hydrogen) atoms. The van der Waals surface area contributed by atoms with Crippen molar-refractivity contribution in [2.45, 2.75) is 12.1 Å². The highest BCUT2D eigenvalue weighted by Gasteiger charge is 2.25. The van der Waals surface area contributed by atoms with Crippen LogP contribution in [0.1, 0.15) is 11.6 Å². The first-order valence-corrected chi connectivity index (χ1v) is 6.94. The monoisotopic (exact) mass is 283 g/mol. The van der Waals surface area contributed by atoms with Gasteiger partial charge in [0.15, 0.2) is 6.10 Å². The van der Waals surface area contributed by atoms with Crippen molar-refractivity contribution in [1.82, 2.24) is 0 Å². The van der Waals surface area contributed by atoms with Crippen molar-refractivity contribution < 1.29 is 14.6 Å². The summed E-state index contributed by atoms with van der Waals surface area (Å²) in [7, 11) is 0. The number of benzene rings is 2. The van der Waals surface area contributed by atoms with E-state index in [4.69, 9.17) is 9.47 Å². The van der Waals surface area contributed by atoms with Crippen LogP contribution in [0, 0.1) is 0 Å². The average Bonchev–Trinajstić information content (AvgIpc) is 3.04. The predicted molar refractivity (Wildman–Crippen MR) is 80.5 cm³/mol. The van der Waals surface area contributed by atoms with Crippen molar-refractivity contribution in [1.29, 1.82) is 0 Å². The Morgan fingerprint density at radius 3 is 2.48 bits per heavy atom. The van der Waals surface area contributed by atoms with Gasteiger partial charge in [0.2, 0.25) is 5.90 Å². The van der Waals surface area contributed by atoms with Gasteiger partial charge in [0.1, 0.15) is 25.0 Å². The topological polar surface area (TPSA) is 51.0 Å². The van der Waals surface area contributed by atoms with E-state index in [0.717, 1.165) is 11.3 Å². The molecule has 3 rings (SSSR count). The van der Waals surface area contributed by atoms with E-state index in [-0.39, 0.29) is 12.6 Å². The number of aliphatic imine (C=N–C) groups is 1. The van der Waals surface area contributed by atoms with E-state index in [1.54, 1.807) is 0 Å². The highest BCUT2D eigenvalue weighted by atomic mass is 16.5. The highest BCUT2D eigenvalue weighted by Crippen LogP contribution is 2.23. The quantitative estimate of drug-likeness (QED) is 0.917. The van der Waals surface area contributed by atoms with Gasteiger partial charge in [-0.05, 0) is 17.7 Å². The molecule has 0 spiro atoms. The number of aliphatic hydroxyl groups excluding tert-OH is 1. The van der Waals surface area contributed by atoms with E-state index < -0.39 is 6.10 Å². The summed E-state index contributed by atoms with van der Waals surface area (Å²) in [5, 5.41) is 10.1. The number of hydrogen-bond donors (Lipinski definition) is 1. The average molecular weight is 283 g/mol. The lowest BCUT2D eigenvalue weighted by Crippen LogP contribution is -2.27. The normalized spacial score (nSPS) is 18.7. The van der Waals surface area contributed by atoms with Crippen LogP contribution in [0.15, 0.2) is 65.7 Å². The second kappa shape index (κ2) is 6.41. The number of para-hydroxylation sites is 1. The van der Waals surface area contributed by atoms with Gasteiger partial charge >= 0.3 is 0 Å². The third kappa shape index (κ3) is 3.41. The molecule has 0 bridgehead atoms. The fourth-order valence-corrected chi connectivity index (χ4v) is 2.18. The Balaban J connectivity index is 1.59. The molecule has 108 valence electrons. The Labute approximate surface area is 123 Å². The molecule has 0 aromatic heterocycles. The molecule has 0 aliphatic carbocycles. The van der Waals surface area contributed by atoms with E-state index in [1.807, 2.05) is 60.7 Å². The van der Waals surface area contributed by atoms with Crippen LogP contribution in [0.5, 0.6) is 5.75 Å².